The number of fused-ring (bicyclic) bond motifs is 3. The van der Waals surface area contributed by atoms with Crippen LogP contribution in [0.2, 0.25) is 0 Å². The van der Waals surface area contributed by atoms with Gasteiger partial charge in [0.05, 0.1) is 0 Å². The Hall–Kier alpha value is -1.85. The Labute approximate surface area is 152 Å². The second-order valence-electron chi connectivity index (χ2n) is 7.17. The van der Waals surface area contributed by atoms with Gasteiger partial charge in [-0.2, -0.15) is 0 Å². The van der Waals surface area contributed by atoms with Gasteiger partial charge in [-0.05, 0) is 49.7 Å². The van der Waals surface area contributed by atoms with Crippen LogP contribution in [0, 0.1) is 11.8 Å². The third kappa shape index (κ3) is 3.44. The van der Waals surface area contributed by atoms with Crippen molar-refractivity contribution in [3.05, 3.63) is 46.3 Å². The molecule has 1 aromatic carbocycles. The topological polar surface area (TPSA) is 85.3 Å². The van der Waals surface area contributed by atoms with Gasteiger partial charge in [0.25, 0.3) is 5.91 Å². The molecule has 1 heterocycles. The molecule has 1 aromatic heterocycles. The van der Waals surface area contributed by atoms with Gasteiger partial charge in [-0.1, -0.05) is 24.6 Å². The molecule has 0 spiro atoms. The predicted octanol–water partition coefficient (Wildman–Crippen LogP) is 2.85. The first-order chi connectivity index (χ1) is 11.6. The molecule has 4 rings (SSSR count). The van der Waals surface area contributed by atoms with Crippen molar-refractivity contribution in [2.45, 2.75) is 44.2 Å². The van der Waals surface area contributed by atoms with Gasteiger partial charge in [0.1, 0.15) is 11.1 Å². The average molecular weight is 363 g/mol. The molecule has 3 N–H and O–H groups in total. The smallest absolute Gasteiger partial charge is 0.349 e. The summed E-state index contributed by atoms with van der Waals surface area (Å²) in [7, 11) is 0. The summed E-state index contributed by atoms with van der Waals surface area (Å²) in [5.41, 5.74) is 6.14. The number of nitrogens with one attached hydrogen (secondary N) is 1. The van der Waals surface area contributed by atoms with E-state index in [-0.39, 0.29) is 36.0 Å². The zero-order chi connectivity index (χ0) is 16.7. The fourth-order valence-corrected chi connectivity index (χ4v) is 4.47. The van der Waals surface area contributed by atoms with E-state index in [2.05, 4.69) is 5.32 Å². The molecule has 1 amide bonds. The molecule has 2 atom stereocenters. The van der Waals surface area contributed by atoms with Gasteiger partial charge in [-0.3, -0.25) is 4.79 Å². The van der Waals surface area contributed by atoms with E-state index in [1.807, 2.05) is 12.1 Å². The maximum atomic E-state index is 12.7. The first-order valence-corrected chi connectivity index (χ1v) is 8.71. The normalized spacial score (nSPS) is 28.2. The number of hydrogen-bond acceptors (Lipinski definition) is 4. The number of amides is 1. The molecular weight excluding hydrogens is 340 g/mol. The molecular formula is C19H23ClN2O3. The zero-order valence-corrected chi connectivity index (χ0v) is 14.8. The molecule has 0 aliphatic heterocycles. The number of rotatable bonds is 2. The minimum absolute atomic E-state index is 0. The number of carbonyl (C=O) groups excluding carboxylic acids is 1. The van der Waals surface area contributed by atoms with Gasteiger partial charge >= 0.3 is 5.63 Å². The Morgan fingerprint density at radius 1 is 1.16 bits per heavy atom. The van der Waals surface area contributed by atoms with Gasteiger partial charge in [0.2, 0.25) is 0 Å². The molecule has 2 fully saturated rings. The zero-order valence-electron chi connectivity index (χ0n) is 13.9. The van der Waals surface area contributed by atoms with Crippen molar-refractivity contribution < 1.29 is 9.21 Å². The average Bonchev–Trinajstić information content (AvgIpc) is 2.55. The molecule has 0 radical (unpaired) electrons. The molecule has 2 saturated carbocycles. The number of hydrogen-bond donors (Lipinski definition) is 2. The van der Waals surface area contributed by atoms with Crippen molar-refractivity contribution in [1.29, 1.82) is 0 Å². The highest BCUT2D eigenvalue weighted by molar-refractivity contribution is 5.96. The van der Waals surface area contributed by atoms with Crippen LogP contribution in [-0.2, 0) is 0 Å². The minimum Gasteiger partial charge on any atom is -0.422 e. The molecule has 0 saturated heterocycles. The maximum absolute atomic E-state index is 12.7. The lowest BCUT2D eigenvalue weighted by Crippen LogP contribution is -2.54. The first kappa shape index (κ1) is 18.0. The van der Waals surface area contributed by atoms with E-state index >= 15 is 0 Å². The second-order valence-corrected chi connectivity index (χ2v) is 7.17. The Bertz CT molecular complexity index is 821. The summed E-state index contributed by atoms with van der Waals surface area (Å²) < 4.78 is 5.28. The fourth-order valence-electron chi connectivity index (χ4n) is 4.47. The third-order valence-corrected chi connectivity index (χ3v) is 5.56. The fraction of sp³-hybridized carbons (Fsp3) is 0.474. The van der Waals surface area contributed by atoms with Crippen LogP contribution < -0.4 is 16.7 Å². The lowest BCUT2D eigenvalue weighted by atomic mass is 9.67. The molecule has 6 heteroatoms. The van der Waals surface area contributed by atoms with Crippen molar-refractivity contribution in [3.63, 3.8) is 0 Å². The SMILES string of the molecule is Cl.NC1CC2CCCC(C1)C2NC(=O)c1cc2ccccc2oc1=O. The molecule has 2 aliphatic rings. The molecule has 25 heavy (non-hydrogen) atoms. The van der Waals surface area contributed by atoms with Crippen LogP contribution in [0.1, 0.15) is 42.5 Å². The second kappa shape index (κ2) is 7.18. The van der Waals surface area contributed by atoms with E-state index in [4.69, 9.17) is 10.2 Å². The number of nitrogens with two attached hydrogens (primary N) is 1. The summed E-state index contributed by atoms with van der Waals surface area (Å²) in [6.45, 7) is 0. The Morgan fingerprint density at radius 3 is 2.56 bits per heavy atom. The van der Waals surface area contributed by atoms with Crippen molar-refractivity contribution in [3.8, 4) is 0 Å². The van der Waals surface area contributed by atoms with Gasteiger partial charge in [0.15, 0.2) is 0 Å². The number of para-hydroxylation sites is 1. The summed E-state index contributed by atoms with van der Waals surface area (Å²) in [6, 6.07) is 9.21. The molecule has 5 nitrogen and oxygen atoms in total. The Kier molecular flexibility index (Phi) is 5.16. The maximum Gasteiger partial charge on any atom is 0.349 e. The third-order valence-electron chi connectivity index (χ3n) is 5.56. The Morgan fingerprint density at radius 2 is 1.84 bits per heavy atom. The monoisotopic (exact) mass is 362 g/mol. The van der Waals surface area contributed by atoms with Crippen LogP contribution in [-0.4, -0.2) is 18.0 Å². The van der Waals surface area contributed by atoms with Gasteiger partial charge in [-0.15, -0.1) is 12.4 Å². The first-order valence-electron chi connectivity index (χ1n) is 8.71. The van der Waals surface area contributed by atoms with Crippen LogP contribution in [0.25, 0.3) is 11.0 Å². The Balaban J connectivity index is 0.00000182. The van der Waals surface area contributed by atoms with E-state index in [1.54, 1.807) is 18.2 Å². The van der Waals surface area contributed by atoms with E-state index < -0.39 is 5.63 Å². The number of halogens is 1. The summed E-state index contributed by atoms with van der Waals surface area (Å²) in [5, 5.41) is 3.87. The van der Waals surface area contributed by atoms with Gasteiger partial charge in [-0.25, -0.2) is 4.79 Å². The van der Waals surface area contributed by atoms with Crippen molar-refractivity contribution in [1.82, 2.24) is 5.32 Å². The van der Waals surface area contributed by atoms with E-state index in [1.165, 1.54) is 6.42 Å². The highest BCUT2D eigenvalue weighted by Gasteiger charge is 2.40. The summed E-state index contributed by atoms with van der Waals surface area (Å²) in [5.74, 6) is 0.514. The lowest BCUT2D eigenvalue weighted by Gasteiger charge is -2.45. The molecule has 134 valence electrons. The largest absolute Gasteiger partial charge is 0.422 e. The molecule has 2 aromatic rings. The number of carbonyl (C=O) groups is 1. The summed E-state index contributed by atoms with van der Waals surface area (Å²) >= 11 is 0. The molecule has 2 unspecified atom stereocenters. The molecule has 2 bridgehead atoms. The lowest BCUT2D eigenvalue weighted by molar-refractivity contribution is 0.0753. The minimum atomic E-state index is -0.580. The molecule has 2 aliphatic carbocycles. The van der Waals surface area contributed by atoms with Crippen LogP contribution >= 0.6 is 12.4 Å². The van der Waals surface area contributed by atoms with E-state index in [9.17, 15) is 9.59 Å². The van der Waals surface area contributed by atoms with Crippen molar-refractivity contribution in [2.24, 2.45) is 17.6 Å². The van der Waals surface area contributed by atoms with Gasteiger partial charge < -0.3 is 15.5 Å². The summed E-state index contributed by atoms with van der Waals surface area (Å²) in [6.07, 6.45) is 5.30. The standard InChI is InChI=1S/C19H22N2O3.ClH/c20-14-8-12-5-3-6-13(9-14)17(12)21-18(22)15-10-11-4-1-2-7-16(11)24-19(15)23;/h1-2,4,7,10,12-14,17H,3,5-6,8-9,20H2,(H,21,22);1H. The van der Waals surface area contributed by atoms with E-state index in [0.29, 0.717) is 17.4 Å². The van der Waals surface area contributed by atoms with Crippen LogP contribution in [0.5, 0.6) is 0 Å². The van der Waals surface area contributed by atoms with Crippen LogP contribution in [0.3, 0.4) is 0 Å². The van der Waals surface area contributed by atoms with Crippen LogP contribution in [0.4, 0.5) is 0 Å². The van der Waals surface area contributed by atoms with Gasteiger partial charge in [0, 0.05) is 17.5 Å². The highest BCUT2D eigenvalue weighted by atomic mass is 35.5. The quantitative estimate of drug-likeness (QED) is 0.804. The highest BCUT2D eigenvalue weighted by Crippen LogP contribution is 2.39. The van der Waals surface area contributed by atoms with Crippen molar-refractivity contribution >= 4 is 29.3 Å². The summed E-state index contributed by atoms with van der Waals surface area (Å²) in [4.78, 5) is 24.9. The predicted molar refractivity (Wildman–Crippen MR) is 99.0 cm³/mol. The number of benzene rings is 1. The van der Waals surface area contributed by atoms with Crippen LogP contribution in [0.15, 0.2) is 39.5 Å². The van der Waals surface area contributed by atoms with Crippen molar-refractivity contribution in [2.75, 3.05) is 0 Å². The van der Waals surface area contributed by atoms with E-state index in [0.717, 1.165) is 31.1 Å².